The first-order valence-electron chi connectivity index (χ1n) is 7.70. The molecule has 0 aromatic heterocycles. The van der Waals surface area contributed by atoms with Crippen molar-refractivity contribution in [3.63, 3.8) is 0 Å². The number of benzene rings is 2. The van der Waals surface area contributed by atoms with Gasteiger partial charge in [-0.2, -0.15) is 0 Å². The first-order chi connectivity index (χ1) is 11.0. The van der Waals surface area contributed by atoms with Gasteiger partial charge in [-0.3, -0.25) is 14.9 Å². The molecule has 0 aliphatic rings. The third-order valence-electron chi connectivity index (χ3n) is 3.75. The van der Waals surface area contributed by atoms with Gasteiger partial charge < -0.3 is 5.32 Å². The standard InChI is InChI=1S/C19H22N2O2/c1-13(16-7-5-4-6-8-16)20-14(2)19(23)21-18-11-9-17(10-12-18)15(3)22/h4-14,20H,1-3H3,(H,21,23)/t13-,14+/m0/s1. The largest absolute Gasteiger partial charge is 0.325 e. The molecule has 0 aliphatic heterocycles. The minimum Gasteiger partial charge on any atom is -0.325 e. The van der Waals surface area contributed by atoms with Crippen LogP contribution in [-0.4, -0.2) is 17.7 Å². The zero-order chi connectivity index (χ0) is 16.8. The van der Waals surface area contributed by atoms with Crippen LogP contribution >= 0.6 is 0 Å². The van der Waals surface area contributed by atoms with Gasteiger partial charge in [0.1, 0.15) is 0 Å². The van der Waals surface area contributed by atoms with Gasteiger partial charge in [-0.25, -0.2) is 0 Å². The van der Waals surface area contributed by atoms with Crippen LogP contribution in [0.25, 0.3) is 0 Å². The van der Waals surface area contributed by atoms with Crippen molar-refractivity contribution in [2.24, 2.45) is 0 Å². The van der Waals surface area contributed by atoms with Crippen LogP contribution in [-0.2, 0) is 4.79 Å². The van der Waals surface area contributed by atoms with Gasteiger partial charge in [0.25, 0.3) is 0 Å². The Morgan fingerprint density at radius 1 is 0.913 bits per heavy atom. The van der Waals surface area contributed by atoms with Gasteiger partial charge in [0.2, 0.25) is 5.91 Å². The Labute approximate surface area is 136 Å². The lowest BCUT2D eigenvalue weighted by Crippen LogP contribution is -2.39. The molecule has 2 aromatic carbocycles. The van der Waals surface area contributed by atoms with Crippen molar-refractivity contribution in [2.45, 2.75) is 32.9 Å². The summed E-state index contributed by atoms with van der Waals surface area (Å²) in [5, 5.41) is 6.13. The molecule has 0 radical (unpaired) electrons. The van der Waals surface area contributed by atoms with E-state index in [0.717, 1.165) is 5.56 Å². The third-order valence-corrected chi connectivity index (χ3v) is 3.75. The van der Waals surface area contributed by atoms with E-state index in [0.29, 0.717) is 11.3 Å². The second-order valence-electron chi connectivity index (χ2n) is 5.64. The van der Waals surface area contributed by atoms with Gasteiger partial charge in [0.15, 0.2) is 5.78 Å². The number of Topliss-reactive ketones (excluding diaryl/α,β-unsaturated/α-hetero) is 1. The van der Waals surface area contributed by atoms with Crippen LogP contribution in [0.4, 0.5) is 5.69 Å². The Morgan fingerprint density at radius 3 is 2.09 bits per heavy atom. The highest BCUT2D eigenvalue weighted by molar-refractivity contribution is 5.96. The Hall–Kier alpha value is -2.46. The topological polar surface area (TPSA) is 58.2 Å². The molecule has 0 bridgehead atoms. The Balaban J connectivity index is 1.93. The van der Waals surface area contributed by atoms with Gasteiger partial charge in [-0.1, -0.05) is 30.3 Å². The molecule has 0 heterocycles. The number of hydrogen-bond donors (Lipinski definition) is 2. The number of carbonyl (C=O) groups is 2. The Bertz CT molecular complexity index is 666. The van der Waals surface area contributed by atoms with Crippen LogP contribution in [0.3, 0.4) is 0 Å². The lowest BCUT2D eigenvalue weighted by molar-refractivity contribution is -0.117. The number of amides is 1. The molecule has 0 saturated heterocycles. The summed E-state index contributed by atoms with van der Waals surface area (Å²) in [7, 11) is 0. The molecule has 2 atom stereocenters. The fraction of sp³-hybridized carbons (Fsp3) is 0.263. The number of carbonyl (C=O) groups excluding carboxylic acids is 2. The highest BCUT2D eigenvalue weighted by Crippen LogP contribution is 2.14. The lowest BCUT2D eigenvalue weighted by Gasteiger charge is -2.20. The Kier molecular flexibility index (Phi) is 5.66. The first kappa shape index (κ1) is 16.9. The second-order valence-corrected chi connectivity index (χ2v) is 5.64. The van der Waals surface area contributed by atoms with Crippen LogP contribution in [0.2, 0.25) is 0 Å². The van der Waals surface area contributed by atoms with Crippen molar-refractivity contribution in [2.75, 3.05) is 5.32 Å². The summed E-state index contributed by atoms with van der Waals surface area (Å²) in [6.45, 7) is 5.38. The van der Waals surface area contributed by atoms with Gasteiger partial charge in [0.05, 0.1) is 6.04 Å². The average Bonchev–Trinajstić information content (AvgIpc) is 2.56. The fourth-order valence-corrected chi connectivity index (χ4v) is 2.33. The number of nitrogens with one attached hydrogen (secondary N) is 2. The predicted octanol–water partition coefficient (Wildman–Crippen LogP) is 3.57. The maximum atomic E-state index is 12.3. The second kappa shape index (κ2) is 7.70. The van der Waals surface area contributed by atoms with Crippen LogP contribution in [0.5, 0.6) is 0 Å². The molecule has 120 valence electrons. The van der Waals surface area contributed by atoms with Crippen molar-refractivity contribution in [3.8, 4) is 0 Å². The van der Waals surface area contributed by atoms with Crippen molar-refractivity contribution >= 4 is 17.4 Å². The number of hydrogen-bond acceptors (Lipinski definition) is 3. The minimum atomic E-state index is -0.335. The summed E-state index contributed by atoms with van der Waals surface area (Å²) in [6.07, 6.45) is 0. The van der Waals surface area contributed by atoms with Gasteiger partial charge in [-0.15, -0.1) is 0 Å². The zero-order valence-electron chi connectivity index (χ0n) is 13.7. The van der Waals surface area contributed by atoms with Crippen molar-refractivity contribution in [3.05, 3.63) is 65.7 Å². The summed E-state index contributed by atoms with van der Waals surface area (Å²) < 4.78 is 0. The third kappa shape index (κ3) is 4.76. The smallest absolute Gasteiger partial charge is 0.241 e. The molecule has 23 heavy (non-hydrogen) atoms. The molecule has 2 aromatic rings. The van der Waals surface area contributed by atoms with E-state index in [4.69, 9.17) is 0 Å². The predicted molar refractivity (Wildman–Crippen MR) is 92.5 cm³/mol. The summed E-state index contributed by atoms with van der Waals surface area (Å²) in [5.74, 6) is -0.0991. The SMILES string of the molecule is CC(=O)c1ccc(NC(=O)[C@@H](C)N[C@@H](C)c2ccccc2)cc1. The number of rotatable bonds is 6. The maximum Gasteiger partial charge on any atom is 0.241 e. The monoisotopic (exact) mass is 310 g/mol. The average molecular weight is 310 g/mol. The summed E-state index contributed by atoms with van der Waals surface area (Å²) in [6, 6.07) is 16.6. The summed E-state index contributed by atoms with van der Waals surface area (Å²) in [5.41, 5.74) is 2.45. The van der Waals surface area contributed by atoms with Crippen LogP contribution in [0.15, 0.2) is 54.6 Å². The molecule has 0 unspecified atom stereocenters. The van der Waals surface area contributed by atoms with E-state index in [1.807, 2.05) is 44.2 Å². The fourth-order valence-electron chi connectivity index (χ4n) is 2.33. The van der Waals surface area contributed by atoms with Gasteiger partial charge >= 0.3 is 0 Å². The molecule has 0 fully saturated rings. The quantitative estimate of drug-likeness (QED) is 0.802. The molecule has 1 amide bonds. The van der Waals surface area contributed by atoms with Gasteiger partial charge in [-0.05, 0) is 50.6 Å². The van der Waals surface area contributed by atoms with Crippen LogP contribution in [0, 0.1) is 0 Å². The van der Waals surface area contributed by atoms with Crippen LogP contribution in [0.1, 0.15) is 42.7 Å². The molecule has 0 spiro atoms. The van der Waals surface area contributed by atoms with E-state index in [1.165, 1.54) is 6.92 Å². The van der Waals surface area contributed by atoms with E-state index in [9.17, 15) is 9.59 Å². The highest BCUT2D eigenvalue weighted by Gasteiger charge is 2.16. The van der Waals surface area contributed by atoms with Crippen molar-refractivity contribution in [1.82, 2.24) is 5.32 Å². The van der Waals surface area contributed by atoms with Crippen LogP contribution < -0.4 is 10.6 Å². The van der Waals surface area contributed by atoms with Crippen molar-refractivity contribution < 1.29 is 9.59 Å². The molecule has 0 saturated carbocycles. The zero-order valence-corrected chi connectivity index (χ0v) is 13.7. The van der Waals surface area contributed by atoms with Crippen molar-refractivity contribution in [1.29, 1.82) is 0 Å². The molecular formula is C19H22N2O2. The van der Waals surface area contributed by atoms with E-state index < -0.39 is 0 Å². The minimum absolute atomic E-state index is 0.00889. The molecule has 4 nitrogen and oxygen atoms in total. The van der Waals surface area contributed by atoms with E-state index in [-0.39, 0.29) is 23.8 Å². The molecule has 2 rings (SSSR count). The normalized spacial score (nSPS) is 13.2. The molecular weight excluding hydrogens is 288 g/mol. The summed E-state index contributed by atoms with van der Waals surface area (Å²) >= 11 is 0. The van der Waals surface area contributed by atoms with E-state index >= 15 is 0 Å². The van der Waals surface area contributed by atoms with E-state index in [2.05, 4.69) is 10.6 Å². The maximum absolute atomic E-state index is 12.3. The first-order valence-corrected chi connectivity index (χ1v) is 7.70. The molecule has 0 aliphatic carbocycles. The van der Waals surface area contributed by atoms with E-state index in [1.54, 1.807) is 24.3 Å². The van der Waals surface area contributed by atoms with Gasteiger partial charge in [0, 0.05) is 17.3 Å². The molecule has 4 heteroatoms. The highest BCUT2D eigenvalue weighted by atomic mass is 16.2. The lowest BCUT2D eigenvalue weighted by atomic mass is 10.1. The Morgan fingerprint density at radius 2 is 1.52 bits per heavy atom. The molecule has 2 N–H and O–H groups in total. The summed E-state index contributed by atoms with van der Waals surface area (Å²) in [4.78, 5) is 23.5. The number of anilines is 1. The number of ketones is 1.